The van der Waals surface area contributed by atoms with E-state index in [1.165, 1.54) is 89.9 Å². The Bertz CT molecular complexity index is 354. The van der Waals surface area contributed by atoms with Crippen LogP contribution in [0.5, 0.6) is 0 Å². The van der Waals surface area contributed by atoms with Gasteiger partial charge in [0, 0.05) is 0 Å². The van der Waals surface area contributed by atoms with Gasteiger partial charge in [0.2, 0.25) is 5.91 Å². The predicted molar refractivity (Wildman–Crippen MR) is 107 cm³/mol. The van der Waals surface area contributed by atoms with Gasteiger partial charge in [0.05, 0.1) is 6.10 Å². The smallest absolute Gasteiger partial charge is 0.249 e. The van der Waals surface area contributed by atoms with E-state index in [1.54, 1.807) is 0 Å². The van der Waals surface area contributed by atoms with Gasteiger partial charge in [-0.1, -0.05) is 89.7 Å². The van der Waals surface area contributed by atoms with Gasteiger partial charge in [0.15, 0.2) is 6.10 Å². The molecule has 3 nitrogen and oxygen atoms in total. The summed E-state index contributed by atoms with van der Waals surface area (Å²) in [7, 11) is 0. The van der Waals surface area contributed by atoms with Crippen molar-refractivity contribution >= 4 is 5.91 Å². The van der Waals surface area contributed by atoms with Crippen LogP contribution in [0.15, 0.2) is 12.2 Å². The number of primary amides is 1. The molecule has 0 spiro atoms. The lowest BCUT2D eigenvalue weighted by Crippen LogP contribution is -2.19. The Labute approximate surface area is 155 Å². The molecule has 1 fully saturated rings. The molecular weight excluding hydrogens is 310 g/mol. The minimum Gasteiger partial charge on any atom is -0.367 e. The number of allylic oxidation sites excluding steroid dienone is 2. The molecule has 0 saturated carbocycles. The molecule has 1 saturated heterocycles. The molecule has 0 aromatic heterocycles. The molecule has 1 aliphatic heterocycles. The highest BCUT2D eigenvalue weighted by Gasteiger charge is 2.42. The van der Waals surface area contributed by atoms with Gasteiger partial charge in [-0.05, 0) is 32.1 Å². The van der Waals surface area contributed by atoms with Gasteiger partial charge < -0.3 is 10.5 Å². The highest BCUT2D eigenvalue weighted by molar-refractivity contribution is 5.81. The number of amides is 1. The summed E-state index contributed by atoms with van der Waals surface area (Å²) < 4.78 is 5.23. The number of rotatable bonds is 18. The van der Waals surface area contributed by atoms with Crippen molar-refractivity contribution < 1.29 is 9.53 Å². The van der Waals surface area contributed by atoms with Gasteiger partial charge in [-0.15, -0.1) is 0 Å². The first-order valence-corrected chi connectivity index (χ1v) is 10.9. The summed E-state index contributed by atoms with van der Waals surface area (Å²) in [6, 6.07) is 0. The normalized spacial score (nSPS) is 19.6. The van der Waals surface area contributed by atoms with Gasteiger partial charge >= 0.3 is 0 Å². The first kappa shape index (κ1) is 22.2. The first-order chi connectivity index (χ1) is 12.3. The molecule has 0 bridgehead atoms. The van der Waals surface area contributed by atoms with Crippen LogP contribution in [-0.4, -0.2) is 18.1 Å². The van der Waals surface area contributed by atoms with Crippen molar-refractivity contribution in [2.24, 2.45) is 5.73 Å². The van der Waals surface area contributed by atoms with Crippen LogP contribution in [0.1, 0.15) is 110 Å². The van der Waals surface area contributed by atoms with E-state index in [2.05, 4.69) is 19.1 Å². The lowest BCUT2D eigenvalue weighted by atomic mass is 10.1. The van der Waals surface area contributed by atoms with Crippen molar-refractivity contribution in [2.45, 2.75) is 122 Å². The molecule has 1 rings (SSSR count). The summed E-state index contributed by atoms with van der Waals surface area (Å²) in [4.78, 5) is 10.8. The highest BCUT2D eigenvalue weighted by atomic mass is 16.6. The minimum atomic E-state index is -0.300. The molecule has 1 heterocycles. The third kappa shape index (κ3) is 13.1. The summed E-state index contributed by atoms with van der Waals surface area (Å²) in [5, 5.41) is 0. The Balaban J connectivity index is 1.70. The van der Waals surface area contributed by atoms with Gasteiger partial charge in [0.25, 0.3) is 0 Å². The third-order valence-corrected chi connectivity index (χ3v) is 5.11. The Morgan fingerprint density at radius 3 is 1.76 bits per heavy atom. The quantitative estimate of drug-likeness (QED) is 0.185. The van der Waals surface area contributed by atoms with Gasteiger partial charge in [-0.25, -0.2) is 0 Å². The summed E-state index contributed by atoms with van der Waals surface area (Å²) in [5.74, 6) is -0.300. The summed E-state index contributed by atoms with van der Waals surface area (Å²) >= 11 is 0. The third-order valence-electron chi connectivity index (χ3n) is 5.11. The number of carbonyl (C=O) groups is 1. The maximum atomic E-state index is 10.8. The van der Waals surface area contributed by atoms with E-state index >= 15 is 0 Å². The number of ether oxygens (including phenoxy) is 1. The van der Waals surface area contributed by atoms with E-state index in [0.29, 0.717) is 0 Å². The van der Waals surface area contributed by atoms with Crippen molar-refractivity contribution in [2.75, 3.05) is 0 Å². The van der Waals surface area contributed by atoms with Crippen molar-refractivity contribution in [3.8, 4) is 0 Å². The number of hydrogen-bond donors (Lipinski definition) is 1. The fourth-order valence-corrected chi connectivity index (χ4v) is 3.38. The molecule has 0 aliphatic carbocycles. The second-order valence-corrected chi connectivity index (χ2v) is 7.58. The number of hydrogen-bond acceptors (Lipinski definition) is 2. The molecule has 3 heteroatoms. The fraction of sp³-hybridized carbons (Fsp3) is 0.864. The second-order valence-electron chi connectivity index (χ2n) is 7.58. The van der Waals surface area contributed by atoms with Crippen molar-refractivity contribution in [3.05, 3.63) is 12.2 Å². The van der Waals surface area contributed by atoms with Crippen LogP contribution in [0.2, 0.25) is 0 Å². The van der Waals surface area contributed by atoms with E-state index in [0.717, 1.165) is 12.8 Å². The maximum Gasteiger partial charge on any atom is 0.249 e. The molecule has 146 valence electrons. The Morgan fingerprint density at radius 1 is 0.800 bits per heavy atom. The zero-order valence-electron chi connectivity index (χ0n) is 16.5. The first-order valence-electron chi connectivity index (χ1n) is 10.9. The van der Waals surface area contributed by atoms with Crippen LogP contribution in [0.25, 0.3) is 0 Å². The molecule has 1 amide bonds. The van der Waals surface area contributed by atoms with Crippen LogP contribution in [0, 0.1) is 0 Å². The molecule has 0 radical (unpaired) electrons. The van der Waals surface area contributed by atoms with Crippen LogP contribution >= 0.6 is 0 Å². The topological polar surface area (TPSA) is 55.6 Å². The second kappa shape index (κ2) is 15.4. The van der Waals surface area contributed by atoms with E-state index < -0.39 is 0 Å². The maximum absolute atomic E-state index is 10.8. The number of carbonyl (C=O) groups excluding carboxylic acids is 1. The molecule has 25 heavy (non-hydrogen) atoms. The van der Waals surface area contributed by atoms with Gasteiger partial charge in [0.1, 0.15) is 0 Å². The van der Waals surface area contributed by atoms with E-state index in [-0.39, 0.29) is 18.1 Å². The molecule has 2 atom stereocenters. The van der Waals surface area contributed by atoms with Crippen LogP contribution < -0.4 is 5.73 Å². The van der Waals surface area contributed by atoms with E-state index in [1.807, 2.05) is 0 Å². The minimum absolute atomic E-state index is 0.126. The fourth-order valence-electron chi connectivity index (χ4n) is 3.38. The zero-order chi connectivity index (χ0) is 18.2. The average Bonchev–Trinajstić information content (AvgIpc) is 3.37. The highest BCUT2D eigenvalue weighted by Crippen LogP contribution is 2.27. The van der Waals surface area contributed by atoms with Crippen LogP contribution in [0.4, 0.5) is 0 Å². The van der Waals surface area contributed by atoms with E-state index in [4.69, 9.17) is 10.5 Å². The number of unbranched alkanes of at least 4 members (excludes halogenated alkanes) is 13. The lowest BCUT2D eigenvalue weighted by molar-refractivity contribution is -0.119. The lowest BCUT2D eigenvalue weighted by Gasteiger charge is -2.01. The molecular formula is C22H41NO2. The van der Waals surface area contributed by atoms with E-state index in [9.17, 15) is 4.79 Å². The largest absolute Gasteiger partial charge is 0.367 e. The van der Waals surface area contributed by atoms with Crippen molar-refractivity contribution in [1.82, 2.24) is 0 Å². The average molecular weight is 352 g/mol. The van der Waals surface area contributed by atoms with Crippen molar-refractivity contribution in [1.29, 1.82) is 0 Å². The van der Waals surface area contributed by atoms with Gasteiger partial charge in [-0.3, -0.25) is 4.79 Å². The SMILES string of the molecule is CCCCCCCC/C=C\CCCCCCCCCC1OC1C(N)=O. The monoisotopic (exact) mass is 351 g/mol. The molecule has 1 aliphatic rings. The Morgan fingerprint density at radius 2 is 1.28 bits per heavy atom. The van der Waals surface area contributed by atoms with Crippen LogP contribution in [0.3, 0.4) is 0 Å². The Hall–Kier alpha value is -0.830. The van der Waals surface area contributed by atoms with Crippen LogP contribution in [-0.2, 0) is 9.53 Å². The molecule has 2 unspecified atom stereocenters. The number of nitrogens with two attached hydrogens (primary N) is 1. The molecule has 0 aromatic carbocycles. The summed E-state index contributed by atoms with van der Waals surface area (Å²) in [5.41, 5.74) is 5.19. The summed E-state index contributed by atoms with van der Waals surface area (Å²) in [6.07, 6.45) is 25.6. The molecule has 0 aromatic rings. The molecule has 2 N–H and O–H groups in total. The van der Waals surface area contributed by atoms with Gasteiger partial charge in [-0.2, -0.15) is 0 Å². The zero-order valence-corrected chi connectivity index (χ0v) is 16.5. The predicted octanol–water partition coefficient (Wildman–Crippen LogP) is 6.06. The Kier molecular flexibility index (Phi) is 13.7. The number of epoxide rings is 1. The standard InChI is InChI=1S/C22H41NO2/c1-2-3-4-5-6-7-8-9-10-11-12-13-14-15-16-17-18-19-20-21(25-20)22(23)24/h9-10,20-21H,2-8,11-19H2,1H3,(H2,23,24)/b10-9-. The summed E-state index contributed by atoms with van der Waals surface area (Å²) in [6.45, 7) is 2.27. The van der Waals surface area contributed by atoms with Crippen molar-refractivity contribution in [3.63, 3.8) is 0 Å².